The first-order valence-electron chi connectivity index (χ1n) is 8.36. The summed E-state index contributed by atoms with van der Waals surface area (Å²) >= 11 is 0. The number of nitrogens with two attached hydrogens (primary N) is 1. The van der Waals surface area contributed by atoms with Gasteiger partial charge in [-0.05, 0) is 46.6 Å². The Balaban J connectivity index is 3.15. The predicted molar refractivity (Wildman–Crippen MR) is 89.6 cm³/mol. The van der Waals surface area contributed by atoms with Gasteiger partial charge >= 0.3 is 6.09 Å². The van der Waals surface area contributed by atoms with Crippen molar-refractivity contribution in [3.05, 3.63) is 0 Å². The predicted octanol–water partition coefficient (Wildman–Crippen LogP) is 1.69. The largest absolute Gasteiger partial charge is 0.444 e. The highest BCUT2D eigenvalue weighted by molar-refractivity contribution is 5.67. The Morgan fingerprint density at radius 1 is 0.870 bits per heavy atom. The summed E-state index contributed by atoms with van der Waals surface area (Å²) in [5.74, 6) is 0. The number of ether oxygens (including phenoxy) is 4. The van der Waals surface area contributed by atoms with Crippen molar-refractivity contribution in [3.8, 4) is 0 Å². The zero-order valence-corrected chi connectivity index (χ0v) is 14.9. The SMILES string of the molecule is CC(C)(C)OC(=O)NCCOCCOCCOCCCCCN. The number of hydrogen-bond donors (Lipinski definition) is 2. The van der Waals surface area contributed by atoms with Gasteiger partial charge in [-0.25, -0.2) is 4.79 Å². The molecule has 0 aliphatic carbocycles. The number of rotatable bonds is 14. The monoisotopic (exact) mass is 334 g/mol. The molecule has 23 heavy (non-hydrogen) atoms. The fourth-order valence-electron chi connectivity index (χ4n) is 1.61. The van der Waals surface area contributed by atoms with Crippen LogP contribution in [-0.4, -0.2) is 64.4 Å². The summed E-state index contributed by atoms with van der Waals surface area (Å²) in [6, 6.07) is 0. The minimum absolute atomic E-state index is 0.417. The Labute approximate surface area is 140 Å². The third-order valence-electron chi connectivity index (χ3n) is 2.65. The second kappa shape index (κ2) is 14.7. The molecule has 0 aliphatic rings. The molecular formula is C16H34N2O5. The fourth-order valence-corrected chi connectivity index (χ4v) is 1.61. The van der Waals surface area contributed by atoms with Gasteiger partial charge < -0.3 is 30.0 Å². The van der Waals surface area contributed by atoms with E-state index < -0.39 is 11.7 Å². The van der Waals surface area contributed by atoms with Gasteiger partial charge in [0, 0.05) is 13.2 Å². The molecule has 7 nitrogen and oxygen atoms in total. The van der Waals surface area contributed by atoms with Crippen LogP contribution in [-0.2, 0) is 18.9 Å². The van der Waals surface area contributed by atoms with E-state index in [2.05, 4.69) is 5.32 Å². The van der Waals surface area contributed by atoms with Gasteiger partial charge in [0.1, 0.15) is 5.60 Å². The van der Waals surface area contributed by atoms with Crippen molar-refractivity contribution in [1.29, 1.82) is 0 Å². The van der Waals surface area contributed by atoms with E-state index in [1.165, 1.54) is 0 Å². The minimum atomic E-state index is -0.481. The van der Waals surface area contributed by atoms with Crippen LogP contribution in [0.2, 0.25) is 0 Å². The normalized spacial score (nSPS) is 11.5. The molecule has 0 saturated carbocycles. The molecule has 0 spiro atoms. The summed E-state index contributed by atoms with van der Waals surface area (Å²) < 4.78 is 21.2. The molecule has 3 N–H and O–H groups in total. The zero-order chi connectivity index (χ0) is 17.4. The molecule has 0 aromatic heterocycles. The van der Waals surface area contributed by atoms with Crippen molar-refractivity contribution in [2.24, 2.45) is 5.73 Å². The van der Waals surface area contributed by atoms with E-state index in [1.807, 2.05) is 20.8 Å². The molecule has 0 unspecified atom stereocenters. The average molecular weight is 334 g/mol. The first kappa shape index (κ1) is 22.1. The van der Waals surface area contributed by atoms with Crippen molar-refractivity contribution < 1.29 is 23.7 Å². The van der Waals surface area contributed by atoms with Gasteiger partial charge in [-0.3, -0.25) is 0 Å². The molecule has 7 heteroatoms. The second-order valence-corrected chi connectivity index (χ2v) is 6.12. The number of hydrogen-bond acceptors (Lipinski definition) is 6. The zero-order valence-electron chi connectivity index (χ0n) is 14.9. The second-order valence-electron chi connectivity index (χ2n) is 6.12. The molecule has 0 bridgehead atoms. The van der Waals surface area contributed by atoms with Crippen LogP contribution in [0.15, 0.2) is 0 Å². The van der Waals surface area contributed by atoms with Gasteiger partial charge in [-0.2, -0.15) is 0 Å². The van der Waals surface area contributed by atoms with Crippen LogP contribution in [0, 0.1) is 0 Å². The third-order valence-corrected chi connectivity index (χ3v) is 2.65. The van der Waals surface area contributed by atoms with Crippen molar-refractivity contribution in [2.45, 2.75) is 45.6 Å². The molecule has 0 aromatic rings. The molecular weight excluding hydrogens is 300 g/mol. The van der Waals surface area contributed by atoms with Crippen LogP contribution in [0.3, 0.4) is 0 Å². The standard InChI is InChI=1S/C16H34N2O5/c1-16(2,3)23-15(19)18-8-10-21-12-14-22-13-11-20-9-6-4-5-7-17/h4-14,17H2,1-3H3,(H,18,19). The van der Waals surface area contributed by atoms with Crippen LogP contribution in [0.5, 0.6) is 0 Å². The molecule has 138 valence electrons. The Kier molecular flexibility index (Phi) is 14.1. The van der Waals surface area contributed by atoms with Gasteiger partial charge in [-0.1, -0.05) is 0 Å². The highest BCUT2D eigenvalue weighted by Gasteiger charge is 2.15. The van der Waals surface area contributed by atoms with Gasteiger partial charge in [-0.15, -0.1) is 0 Å². The van der Waals surface area contributed by atoms with Gasteiger partial charge in [0.05, 0.1) is 33.0 Å². The molecule has 1 amide bonds. The van der Waals surface area contributed by atoms with E-state index in [0.717, 1.165) is 32.4 Å². The summed E-state index contributed by atoms with van der Waals surface area (Å²) in [5, 5.41) is 2.62. The van der Waals surface area contributed by atoms with Crippen molar-refractivity contribution in [2.75, 3.05) is 52.7 Å². The first-order valence-corrected chi connectivity index (χ1v) is 8.36. The molecule has 0 radical (unpaired) electrons. The Morgan fingerprint density at radius 3 is 2.00 bits per heavy atom. The van der Waals surface area contributed by atoms with Crippen molar-refractivity contribution in [1.82, 2.24) is 5.32 Å². The maximum Gasteiger partial charge on any atom is 0.407 e. The Bertz CT molecular complexity index is 282. The Hall–Kier alpha value is -0.890. The molecule has 0 atom stereocenters. The highest BCUT2D eigenvalue weighted by atomic mass is 16.6. The lowest BCUT2D eigenvalue weighted by atomic mass is 10.2. The fraction of sp³-hybridized carbons (Fsp3) is 0.938. The molecule has 0 fully saturated rings. The molecule has 0 saturated heterocycles. The van der Waals surface area contributed by atoms with Crippen molar-refractivity contribution in [3.63, 3.8) is 0 Å². The summed E-state index contributed by atoms with van der Waals surface area (Å²) in [6.07, 6.45) is 2.79. The van der Waals surface area contributed by atoms with E-state index in [4.69, 9.17) is 24.7 Å². The maximum absolute atomic E-state index is 11.3. The topological polar surface area (TPSA) is 92.0 Å². The lowest BCUT2D eigenvalue weighted by molar-refractivity contribution is 0.0134. The molecule has 0 aromatic carbocycles. The lowest BCUT2D eigenvalue weighted by Gasteiger charge is -2.19. The van der Waals surface area contributed by atoms with Gasteiger partial charge in [0.15, 0.2) is 0 Å². The number of amides is 1. The van der Waals surface area contributed by atoms with Gasteiger partial charge in [0.25, 0.3) is 0 Å². The summed E-state index contributed by atoms with van der Waals surface area (Å²) in [5.41, 5.74) is 4.93. The summed E-state index contributed by atoms with van der Waals surface area (Å²) in [7, 11) is 0. The third kappa shape index (κ3) is 19.1. The summed E-state index contributed by atoms with van der Waals surface area (Å²) in [4.78, 5) is 11.3. The molecule has 0 heterocycles. The highest BCUT2D eigenvalue weighted by Crippen LogP contribution is 2.05. The van der Waals surface area contributed by atoms with Crippen LogP contribution in [0.25, 0.3) is 0 Å². The maximum atomic E-state index is 11.3. The van der Waals surface area contributed by atoms with Crippen LogP contribution in [0.4, 0.5) is 4.79 Å². The Morgan fingerprint density at radius 2 is 1.43 bits per heavy atom. The number of carbonyl (C=O) groups excluding carboxylic acids is 1. The van der Waals surface area contributed by atoms with E-state index >= 15 is 0 Å². The number of carbonyl (C=O) groups is 1. The van der Waals surface area contributed by atoms with E-state index in [9.17, 15) is 4.79 Å². The average Bonchev–Trinajstić information content (AvgIpc) is 2.46. The quantitative estimate of drug-likeness (QED) is 0.470. The number of unbranched alkanes of at least 4 members (excludes halogenated alkanes) is 2. The van der Waals surface area contributed by atoms with E-state index in [0.29, 0.717) is 39.6 Å². The van der Waals surface area contributed by atoms with E-state index in [-0.39, 0.29) is 0 Å². The van der Waals surface area contributed by atoms with Gasteiger partial charge in [0.2, 0.25) is 0 Å². The molecule has 0 aliphatic heterocycles. The first-order chi connectivity index (χ1) is 11.0. The smallest absolute Gasteiger partial charge is 0.407 e. The lowest BCUT2D eigenvalue weighted by Crippen LogP contribution is -2.34. The van der Waals surface area contributed by atoms with Crippen LogP contribution in [0.1, 0.15) is 40.0 Å². The minimum Gasteiger partial charge on any atom is -0.444 e. The van der Waals surface area contributed by atoms with Crippen LogP contribution < -0.4 is 11.1 Å². The molecule has 0 rings (SSSR count). The van der Waals surface area contributed by atoms with Crippen molar-refractivity contribution >= 4 is 6.09 Å². The van der Waals surface area contributed by atoms with E-state index in [1.54, 1.807) is 0 Å². The summed E-state index contributed by atoms with van der Waals surface area (Å²) in [6.45, 7) is 10.0. The van der Waals surface area contributed by atoms with Crippen LogP contribution >= 0.6 is 0 Å². The number of nitrogens with one attached hydrogen (secondary N) is 1. The number of alkyl carbamates (subject to hydrolysis) is 1.